The molecule has 0 aliphatic carbocycles. The molecule has 0 heterocycles. The van der Waals surface area contributed by atoms with E-state index in [0.29, 0.717) is 12.1 Å². The van der Waals surface area contributed by atoms with E-state index >= 15 is 0 Å². The van der Waals surface area contributed by atoms with Crippen LogP contribution in [-0.2, 0) is 4.79 Å². The summed E-state index contributed by atoms with van der Waals surface area (Å²) in [6, 6.07) is 3.94. The maximum Gasteiger partial charge on any atom is 0.223 e. The van der Waals surface area contributed by atoms with Crippen LogP contribution in [0.15, 0.2) is 18.2 Å². The fourth-order valence-electron chi connectivity index (χ4n) is 1.52. The van der Waals surface area contributed by atoms with Crippen LogP contribution in [-0.4, -0.2) is 24.2 Å². The number of nitrogens with one attached hydrogen (secondary N) is 1. The van der Waals surface area contributed by atoms with Crippen LogP contribution in [0.2, 0.25) is 0 Å². The number of amides is 1. The van der Waals surface area contributed by atoms with E-state index in [4.69, 9.17) is 4.74 Å². The minimum Gasteiger partial charge on any atom is -0.493 e. The Labute approximate surface area is 106 Å². The first-order valence-corrected chi connectivity index (χ1v) is 5.91. The van der Waals surface area contributed by atoms with Crippen LogP contribution in [0.3, 0.4) is 0 Å². The molecule has 5 heteroatoms. The zero-order valence-corrected chi connectivity index (χ0v) is 10.6. The van der Waals surface area contributed by atoms with Gasteiger partial charge in [-0.2, -0.15) is 0 Å². The lowest BCUT2D eigenvalue weighted by molar-refractivity contribution is -0.121. The second kappa shape index (κ2) is 6.96. The standard InChI is InChI=1S/C13H18FNO3/c1-3-15-13(17)6-7-18-12-8-10(14)4-5-11(12)9(2)16/h4-5,8-9,16H,3,6-7H2,1-2H3,(H,15,17)/t9-/m1/s1. The number of aliphatic hydroxyl groups excluding tert-OH is 1. The molecule has 0 spiro atoms. The fraction of sp³-hybridized carbons (Fsp3) is 0.462. The third kappa shape index (κ3) is 4.33. The molecule has 0 fully saturated rings. The minimum atomic E-state index is -0.745. The van der Waals surface area contributed by atoms with Crippen LogP contribution in [0, 0.1) is 5.82 Å². The molecule has 0 bridgehead atoms. The summed E-state index contributed by atoms with van der Waals surface area (Å²) in [6.45, 7) is 4.12. The molecule has 1 atom stereocenters. The Morgan fingerprint density at radius 1 is 1.56 bits per heavy atom. The zero-order valence-electron chi connectivity index (χ0n) is 10.6. The second-order valence-electron chi connectivity index (χ2n) is 3.91. The van der Waals surface area contributed by atoms with Gasteiger partial charge in [0.15, 0.2) is 0 Å². The van der Waals surface area contributed by atoms with Gasteiger partial charge in [-0.3, -0.25) is 4.79 Å². The summed E-state index contributed by atoms with van der Waals surface area (Å²) in [6.07, 6.45) is -0.547. The third-order valence-electron chi connectivity index (χ3n) is 2.39. The Balaban J connectivity index is 2.60. The number of carbonyl (C=O) groups is 1. The highest BCUT2D eigenvalue weighted by molar-refractivity contribution is 5.75. The number of aliphatic hydroxyl groups is 1. The fourth-order valence-corrected chi connectivity index (χ4v) is 1.52. The summed E-state index contributed by atoms with van der Waals surface area (Å²) in [5.74, 6) is -0.283. The molecule has 0 saturated heterocycles. The van der Waals surface area contributed by atoms with Crippen molar-refractivity contribution in [3.05, 3.63) is 29.6 Å². The van der Waals surface area contributed by atoms with Gasteiger partial charge in [-0.25, -0.2) is 4.39 Å². The Morgan fingerprint density at radius 2 is 2.28 bits per heavy atom. The van der Waals surface area contributed by atoms with E-state index in [9.17, 15) is 14.3 Å². The molecule has 0 aromatic heterocycles. The predicted octanol–water partition coefficient (Wildman–Crippen LogP) is 1.78. The van der Waals surface area contributed by atoms with Crippen molar-refractivity contribution in [2.75, 3.05) is 13.2 Å². The van der Waals surface area contributed by atoms with Gasteiger partial charge in [0, 0.05) is 18.2 Å². The largest absolute Gasteiger partial charge is 0.493 e. The van der Waals surface area contributed by atoms with Crippen molar-refractivity contribution in [3.8, 4) is 5.75 Å². The first-order chi connectivity index (χ1) is 8.54. The highest BCUT2D eigenvalue weighted by Crippen LogP contribution is 2.26. The average molecular weight is 255 g/mol. The van der Waals surface area contributed by atoms with Crippen molar-refractivity contribution in [1.29, 1.82) is 0 Å². The molecule has 0 aliphatic rings. The van der Waals surface area contributed by atoms with E-state index in [0.717, 1.165) is 0 Å². The number of carbonyl (C=O) groups excluding carboxylic acids is 1. The Morgan fingerprint density at radius 3 is 2.89 bits per heavy atom. The average Bonchev–Trinajstić information content (AvgIpc) is 2.29. The van der Waals surface area contributed by atoms with E-state index in [1.807, 2.05) is 6.92 Å². The van der Waals surface area contributed by atoms with Crippen LogP contribution >= 0.6 is 0 Å². The topological polar surface area (TPSA) is 58.6 Å². The van der Waals surface area contributed by atoms with Crippen LogP contribution in [0.4, 0.5) is 4.39 Å². The van der Waals surface area contributed by atoms with Crippen molar-refractivity contribution in [2.45, 2.75) is 26.4 Å². The number of ether oxygens (including phenoxy) is 1. The van der Waals surface area contributed by atoms with E-state index in [1.165, 1.54) is 18.2 Å². The SMILES string of the molecule is CCNC(=O)CCOc1cc(F)ccc1[C@@H](C)O. The number of hydrogen-bond acceptors (Lipinski definition) is 3. The highest BCUT2D eigenvalue weighted by Gasteiger charge is 2.11. The van der Waals surface area contributed by atoms with Gasteiger partial charge < -0.3 is 15.2 Å². The van der Waals surface area contributed by atoms with Gasteiger partial charge in [-0.05, 0) is 26.0 Å². The lowest BCUT2D eigenvalue weighted by Crippen LogP contribution is -2.24. The summed E-state index contributed by atoms with van der Waals surface area (Å²) in [5.41, 5.74) is 0.507. The molecule has 2 N–H and O–H groups in total. The molecular formula is C13H18FNO3. The molecule has 4 nitrogen and oxygen atoms in total. The summed E-state index contributed by atoms with van der Waals surface area (Å²) in [5, 5.41) is 12.1. The Kier molecular flexibility index (Phi) is 5.58. The maximum atomic E-state index is 13.1. The lowest BCUT2D eigenvalue weighted by Gasteiger charge is -2.13. The summed E-state index contributed by atoms with van der Waals surface area (Å²) in [4.78, 5) is 11.2. The van der Waals surface area contributed by atoms with Crippen LogP contribution in [0.25, 0.3) is 0 Å². The van der Waals surface area contributed by atoms with Crippen LogP contribution in [0.1, 0.15) is 31.9 Å². The number of benzene rings is 1. The molecule has 1 aromatic carbocycles. The molecule has 0 radical (unpaired) electrons. The number of hydrogen-bond donors (Lipinski definition) is 2. The Hall–Kier alpha value is -1.62. The van der Waals surface area contributed by atoms with Crippen molar-refractivity contribution in [1.82, 2.24) is 5.32 Å². The van der Waals surface area contributed by atoms with Crippen molar-refractivity contribution in [3.63, 3.8) is 0 Å². The number of rotatable bonds is 6. The van der Waals surface area contributed by atoms with Gasteiger partial charge in [0.05, 0.1) is 19.1 Å². The minimum absolute atomic E-state index is 0.118. The summed E-state index contributed by atoms with van der Waals surface area (Å²) in [7, 11) is 0. The first-order valence-electron chi connectivity index (χ1n) is 5.91. The molecule has 1 amide bonds. The summed E-state index contributed by atoms with van der Waals surface area (Å²) >= 11 is 0. The molecule has 0 aliphatic heterocycles. The van der Waals surface area contributed by atoms with Crippen LogP contribution < -0.4 is 10.1 Å². The Bertz CT molecular complexity index is 407. The van der Waals surface area contributed by atoms with Gasteiger partial charge in [0.25, 0.3) is 0 Å². The molecule has 0 unspecified atom stereocenters. The predicted molar refractivity (Wildman–Crippen MR) is 65.8 cm³/mol. The van der Waals surface area contributed by atoms with Gasteiger partial charge in [-0.1, -0.05) is 0 Å². The second-order valence-corrected chi connectivity index (χ2v) is 3.91. The quantitative estimate of drug-likeness (QED) is 0.814. The van der Waals surface area contributed by atoms with Gasteiger partial charge in [0.1, 0.15) is 11.6 Å². The van der Waals surface area contributed by atoms with Crippen molar-refractivity contribution < 1.29 is 19.0 Å². The molecule has 1 rings (SSSR count). The van der Waals surface area contributed by atoms with Gasteiger partial charge >= 0.3 is 0 Å². The smallest absolute Gasteiger partial charge is 0.223 e. The maximum absolute atomic E-state index is 13.1. The molecule has 18 heavy (non-hydrogen) atoms. The van der Waals surface area contributed by atoms with Gasteiger partial charge in [0.2, 0.25) is 5.91 Å². The monoisotopic (exact) mass is 255 g/mol. The van der Waals surface area contributed by atoms with E-state index in [-0.39, 0.29) is 24.7 Å². The zero-order chi connectivity index (χ0) is 13.5. The first kappa shape index (κ1) is 14.4. The van der Waals surface area contributed by atoms with Gasteiger partial charge in [-0.15, -0.1) is 0 Å². The third-order valence-corrected chi connectivity index (χ3v) is 2.39. The molecule has 100 valence electrons. The van der Waals surface area contributed by atoms with Crippen molar-refractivity contribution in [2.24, 2.45) is 0 Å². The number of halogens is 1. The van der Waals surface area contributed by atoms with E-state index < -0.39 is 11.9 Å². The highest BCUT2D eigenvalue weighted by atomic mass is 19.1. The van der Waals surface area contributed by atoms with Crippen LogP contribution in [0.5, 0.6) is 5.75 Å². The van der Waals surface area contributed by atoms with E-state index in [1.54, 1.807) is 6.92 Å². The molecule has 1 aromatic rings. The summed E-state index contributed by atoms with van der Waals surface area (Å²) < 4.78 is 18.4. The molecule has 0 saturated carbocycles. The van der Waals surface area contributed by atoms with E-state index in [2.05, 4.69) is 5.32 Å². The normalized spacial score (nSPS) is 12.0. The lowest BCUT2D eigenvalue weighted by atomic mass is 10.1. The molecular weight excluding hydrogens is 237 g/mol. The van der Waals surface area contributed by atoms with Crippen molar-refractivity contribution >= 4 is 5.91 Å².